The van der Waals surface area contributed by atoms with Crippen molar-refractivity contribution in [2.24, 2.45) is 5.92 Å². The Morgan fingerprint density at radius 3 is 2.79 bits per heavy atom. The Hall–Kier alpha value is -1.22. The van der Waals surface area contributed by atoms with Crippen molar-refractivity contribution in [3.63, 3.8) is 0 Å². The van der Waals surface area contributed by atoms with E-state index < -0.39 is 0 Å². The van der Waals surface area contributed by atoms with Crippen LogP contribution in [0.4, 0.5) is 5.69 Å². The Labute approximate surface area is 116 Å². The Kier molecular flexibility index (Phi) is 5.08. The number of nitrogens with one attached hydrogen (secondary N) is 1. The van der Waals surface area contributed by atoms with Gasteiger partial charge in [-0.3, -0.25) is 0 Å². The number of aliphatic hydroxyl groups is 1. The van der Waals surface area contributed by atoms with Crippen LogP contribution in [0.5, 0.6) is 5.75 Å². The first-order valence-corrected chi connectivity index (χ1v) is 7.37. The van der Waals surface area contributed by atoms with Crippen molar-refractivity contribution >= 4 is 5.69 Å². The molecule has 0 aromatic heterocycles. The molecule has 1 aromatic rings. The van der Waals surface area contributed by atoms with Gasteiger partial charge in [0.2, 0.25) is 0 Å². The van der Waals surface area contributed by atoms with E-state index in [2.05, 4.69) is 12.2 Å². The fourth-order valence-corrected chi connectivity index (χ4v) is 2.83. The van der Waals surface area contributed by atoms with E-state index in [1.807, 2.05) is 25.1 Å². The molecule has 0 spiro atoms. The quantitative estimate of drug-likeness (QED) is 0.853. The molecule has 1 fully saturated rings. The number of aliphatic hydroxyl groups excluding tert-OH is 1. The summed E-state index contributed by atoms with van der Waals surface area (Å²) >= 11 is 0. The first-order chi connectivity index (χ1) is 9.24. The standard InChI is InChI=1S/C16H25NO2/c1-3-19-16-9-8-14(10-13(16)11-18)17-15-7-5-4-6-12(15)2/h8-10,12,15,17-18H,3-7,11H2,1-2H3. The summed E-state index contributed by atoms with van der Waals surface area (Å²) in [4.78, 5) is 0. The van der Waals surface area contributed by atoms with E-state index in [1.54, 1.807) is 0 Å². The van der Waals surface area contributed by atoms with Crippen LogP contribution in [0.3, 0.4) is 0 Å². The van der Waals surface area contributed by atoms with E-state index in [4.69, 9.17) is 4.74 Å². The van der Waals surface area contributed by atoms with Gasteiger partial charge in [0.25, 0.3) is 0 Å². The van der Waals surface area contributed by atoms with Gasteiger partial charge in [0.05, 0.1) is 13.2 Å². The van der Waals surface area contributed by atoms with E-state index in [0.717, 1.165) is 22.9 Å². The van der Waals surface area contributed by atoms with Crippen molar-refractivity contribution in [2.45, 2.75) is 52.2 Å². The summed E-state index contributed by atoms with van der Waals surface area (Å²) in [6, 6.07) is 6.56. The second-order valence-corrected chi connectivity index (χ2v) is 5.43. The fraction of sp³-hybridized carbons (Fsp3) is 0.625. The molecule has 0 aliphatic heterocycles. The van der Waals surface area contributed by atoms with Gasteiger partial charge in [0, 0.05) is 17.3 Å². The summed E-state index contributed by atoms with van der Waals surface area (Å²) < 4.78 is 5.51. The molecule has 2 unspecified atom stereocenters. The maximum absolute atomic E-state index is 9.42. The van der Waals surface area contributed by atoms with E-state index >= 15 is 0 Å². The van der Waals surface area contributed by atoms with Crippen LogP contribution in [0.1, 0.15) is 45.1 Å². The minimum Gasteiger partial charge on any atom is -0.494 e. The summed E-state index contributed by atoms with van der Waals surface area (Å²) in [7, 11) is 0. The van der Waals surface area contributed by atoms with Gasteiger partial charge in [-0.1, -0.05) is 19.8 Å². The zero-order valence-electron chi connectivity index (χ0n) is 12.0. The van der Waals surface area contributed by atoms with Gasteiger partial charge < -0.3 is 15.2 Å². The normalized spacial score (nSPS) is 23.1. The van der Waals surface area contributed by atoms with Crippen LogP contribution in [0, 0.1) is 5.92 Å². The second kappa shape index (κ2) is 6.80. The molecule has 106 valence electrons. The average Bonchev–Trinajstić information content (AvgIpc) is 2.43. The third-order valence-corrected chi connectivity index (χ3v) is 3.99. The summed E-state index contributed by atoms with van der Waals surface area (Å²) in [5, 5.41) is 13.0. The third-order valence-electron chi connectivity index (χ3n) is 3.99. The number of hydrogen-bond donors (Lipinski definition) is 2. The van der Waals surface area contributed by atoms with Crippen molar-refractivity contribution in [3.8, 4) is 5.75 Å². The van der Waals surface area contributed by atoms with Gasteiger partial charge in [-0.2, -0.15) is 0 Å². The second-order valence-electron chi connectivity index (χ2n) is 5.43. The zero-order valence-corrected chi connectivity index (χ0v) is 12.0. The molecular weight excluding hydrogens is 238 g/mol. The number of rotatable bonds is 5. The first kappa shape index (κ1) is 14.2. The van der Waals surface area contributed by atoms with Crippen molar-refractivity contribution in [1.29, 1.82) is 0 Å². The maximum atomic E-state index is 9.42. The van der Waals surface area contributed by atoms with Crippen LogP contribution in [0.15, 0.2) is 18.2 Å². The smallest absolute Gasteiger partial charge is 0.124 e. The Morgan fingerprint density at radius 2 is 2.11 bits per heavy atom. The fourth-order valence-electron chi connectivity index (χ4n) is 2.83. The molecule has 1 aliphatic rings. The van der Waals surface area contributed by atoms with E-state index in [-0.39, 0.29) is 6.61 Å². The molecule has 0 radical (unpaired) electrons. The van der Waals surface area contributed by atoms with Gasteiger partial charge in [0.15, 0.2) is 0 Å². The number of hydrogen-bond acceptors (Lipinski definition) is 3. The first-order valence-electron chi connectivity index (χ1n) is 7.37. The molecule has 2 atom stereocenters. The van der Waals surface area contributed by atoms with Gasteiger partial charge >= 0.3 is 0 Å². The van der Waals surface area contributed by atoms with Gasteiger partial charge in [-0.25, -0.2) is 0 Å². The molecule has 3 heteroatoms. The zero-order chi connectivity index (χ0) is 13.7. The molecule has 0 bridgehead atoms. The lowest BCUT2D eigenvalue weighted by Gasteiger charge is -2.30. The summed E-state index contributed by atoms with van der Waals surface area (Å²) in [6.45, 7) is 4.92. The Morgan fingerprint density at radius 1 is 1.32 bits per heavy atom. The highest BCUT2D eigenvalue weighted by Crippen LogP contribution is 2.29. The monoisotopic (exact) mass is 263 g/mol. The van der Waals surface area contributed by atoms with Crippen LogP contribution in [0.2, 0.25) is 0 Å². The van der Waals surface area contributed by atoms with E-state index in [0.29, 0.717) is 12.6 Å². The van der Waals surface area contributed by atoms with Gasteiger partial charge in [-0.05, 0) is 43.9 Å². The molecule has 0 heterocycles. The predicted octanol–water partition coefficient (Wildman–Crippen LogP) is 3.57. The number of anilines is 1. The van der Waals surface area contributed by atoms with Crippen LogP contribution >= 0.6 is 0 Å². The predicted molar refractivity (Wildman–Crippen MR) is 78.6 cm³/mol. The Balaban J connectivity index is 2.07. The van der Waals surface area contributed by atoms with Gasteiger partial charge in [-0.15, -0.1) is 0 Å². The lowest BCUT2D eigenvalue weighted by molar-refractivity contribution is 0.267. The lowest BCUT2D eigenvalue weighted by atomic mass is 9.86. The summed E-state index contributed by atoms with van der Waals surface area (Å²) in [6.07, 6.45) is 5.21. The molecule has 0 saturated heterocycles. The number of ether oxygens (including phenoxy) is 1. The molecule has 1 aromatic carbocycles. The number of benzene rings is 1. The van der Waals surface area contributed by atoms with Crippen LogP contribution in [-0.2, 0) is 6.61 Å². The summed E-state index contributed by atoms with van der Waals surface area (Å²) in [5.41, 5.74) is 1.95. The van der Waals surface area contributed by atoms with Crippen LogP contribution in [-0.4, -0.2) is 17.8 Å². The minimum atomic E-state index is 0.0189. The minimum absolute atomic E-state index is 0.0189. The molecule has 3 nitrogen and oxygen atoms in total. The largest absolute Gasteiger partial charge is 0.494 e. The highest BCUT2D eigenvalue weighted by atomic mass is 16.5. The molecule has 0 amide bonds. The van der Waals surface area contributed by atoms with Gasteiger partial charge in [0.1, 0.15) is 5.75 Å². The molecule has 1 saturated carbocycles. The van der Waals surface area contributed by atoms with Crippen LogP contribution < -0.4 is 10.1 Å². The highest BCUT2D eigenvalue weighted by Gasteiger charge is 2.21. The average molecular weight is 263 g/mol. The lowest BCUT2D eigenvalue weighted by Crippen LogP contribution is -2.30. The van der Waals surface area contributed by atoms with Crippen molar-refractivity contribution in [1.82, 2.24) is 0 Å². The maximum Gasteiger partial charge on any atom is 0.124 e. The topological polar surface area (TPSA) is 41.5 Å². The SMILES string of the molecule is CCOc1ccc(NC2CCCCC2C)cc1CO. The van der Waals surface area contributed by atoms with Crippen molar-refractivity contribution in [2.75, 3.05) is 11.9 Å². The molecule has 2 rings (SSSR count). The molecular formula is C16H25NO2. The van der Waals surface area contributed by atoms with Crippen LogP contribution in [0.25, 0.3) is 0 Å². The van der Waals surface area contributed by atoms with Crippen molar-refractivity contribution < 1.29 is 9.84 Å². The molecule has 19 heavy (non-hydrogen) atoms. The molecule has 1 aliphatic carbocycles. The molecule has 2 N–H and O–H groups in total. The van der Waals surface area contributed by atoms with Crippen molar-refractivity contribution in [3.05, 3.63) is 23.8 Å². The van der Waals surface area contributed by atoms with E-state index in [9.17, 15) is 5.11 Å². The third kappa shape index (κ3) is 3.63. The highest BCUT2D eigenvalue weighted by molar-refractivity contribution is 5.51. The Bertz CT molecular complexity index is 406. The van der Waals surface area contributed by atoms with E-state index in [1.165, 1.54) is 25.7 Å². The summed E-state index contributed by atoms with van der Waals surface area (Å²) in [5.74, 6) is 1.50.